The molecule has 3 rings (SSSR count). The van der Waals surface area contributed by atoms with Gasteiger partial charge in [0.2, 0.25) is 11.0 Å². The number of nitrogens with one attached hydrogen (secondary N) is 2. The fraction of sp³-hybridized carbons (Fsp3) is 0.267. The molecule has 0 spiro atoms. The average Bonchev–Trinajstić information content (AvgIpc) is 3.15. The van der Waals surface area contributed by atoms with Gasteiger partial charge in [-0.15, -0.1) is 10.2 Å². The van der Waals surface area contributed by atoms with Crippen molar-refractivity contribution < 1.29 is 4.79 Å². The van der Waals surface area contributed by atoms with Crippen molar-refractivity contribution in [2.75, 3.05) is 5.32 Å². The predicted molar refractivity (Wildman–Crippen MR) is 95.5 cm³/mol. The minimum Gasteiger partial charge on any atom is -0.299 e. The first-order valence-electron chi connectivity index (χ1n) is 7.41. The fourth-order valence-electron chi connectivity index (χ4n) is 2.22. The molecule has 0 saturated carbocycles. The highest BCUT2D eigenvalue weighted by Crippen LogP contribution is 2.19. The zero-order chi connectivity index (χ0) is 17.1. The number of aryl methyl sites for hydroxylation is 2. The van der Waals surface area contributed by atoms with E-state index in [0.717, 1.165) is 22.6 Å². The van der Waals surface area contributed by atoms with Gasteiger partial charge in [0.25, 0.3) is 0 Å². The van der Waals surface area contributed by atoms with E-state index in [2.05, 4.69) is 25.7 Å². The zero-order valence-electron chi connectivity index (χ0n) is 13.2. The third-order valence-electron chi connectivity index (χ3n) is 3.35. The third kappa shape index (κ3) is 3.57. The van der Waals surface area contributed by atoms with Crippen molar-refractivity contribution in [2.45, 2.75) is 26.8 Å². The SMILES string of the molecule is CCc1nnc(NC(=O)Cn2c(-c3cccc(C)c3)n[nH]c2=S)s1. The monoisotopic (exact) mass is 360 g/mol. The Balaban J connectivity index is 1.81. The van der Waals surface area contributed by atoms with Crippen LogP contribution in [0.15, 0.2) is 24.3 Å². The maximum absolute atomic E-state index is 12.3. The first kappa shape index (κ1) is 16.5. The van der Waals surface area contributed by atoms with E-state index in [9.17, 15) is 4.79 Å². The molecule has 2 heterocycles. The Bertz CT molecular complexity index is 926. The number of benzene rings is 1. The maximum atomic E-state index is 12.3. The molecule has 0 atom stereocenters. The van der Waals surface area contributed by atoms with Crippen LogP contribution in [0.25, 0.3) is 11.4 Å². The molecule has 0 unspecified atom stereocenters. The smallest absolute Gasteiger partial charge is 0.246 e. The molecular formula is C15H16N6OS2. The molecule has 0 saturated heterocycles. The average molecular weight is 360 g/mol. The number of H-pyrrole nitrogens is 1. The fourth-order valence-corrected chi connectivity index (χ4v) is 3.11. The first-order valence-corrected chi connectivity index (χ1v) is 8.63. The van der Waals surface area contributed by atoms with Crippen LogP contribution in [0.4, 0.5) is 5.13 Å². The number of amides is 1. The summed E-state index contributed by atoms with van der Waals surface area (Å²) in [6.07, 6.45) is 0.790. The number of hydrogen-bond acceptors (Lipinski definition) is 6. The number of aromatic amines is 1. The molecule has 0 bridgehead atoms. The Morgan fingerprint density at radius 1 is 1.42 bits per heavy atom. The lowest BCUT2D eigenvalue weighted by molar-refractivity contribution is -0.116. The van der Waals surface area contributed by atoms with E-state index in [-0.39, 0.29) is 12.5 Å². The molecule has 2 aromatic heterocycles. The van der Waals surface area contributed by atoms with Crippen molar-refractivity contribution in [3.05, 3.63) is 39.6 Å². The van der Waals surface area contributed by atoms with Crippen molar-refractivity contribution in [2.24, 2.45) is 0 Å². The Morgan fingerprint density at radius 3 is 2.96 bits per heavy atom. The lowest BCUT2D eigenvalue weighted by atomic mass is 10.1. The van der Waals surface area contributed by atoms with Gasteiger partial charge in [-0.1, -0.05) is 42.0 Å². The van der Waals surface area contributed by atoms with Crippen LogP contribution in [0, 0.1) is 11.7 Å². The molecular weight excluding hydrogens is 344 g/mol. The lowest BCUT2D eigenvalue weighted by Gasteiger charge is -2.07. The molecule has 124 valence electrons. The van der Waals surface area contributed by atoms with Gasteiger partial charge in [0.05, 0.1) is 0 Å². The highest BCUT2D eigenvalue weighted by Gasteiger charge is 2.14. The molecule has 0 aliphatic rings. The summed E-state index contributed by atoms with van der Waals surface area (Å²) in [5.41, 5.74) is 2.01. The summed E-state index contributed by atoms with van der Waals surface area (Å²) >= 11 is 6.62. The van der Waals surface area contributed by atoms with Gasteiger partial charge in [0.15, 0.2) is 10.6 Å². The molecule has 0 aliphatic carbocycles. The summed E-state index contributed by atoms with van der Waals surface area (Å²) in [5.74, 6) is 0.408. The van der Waals surface area contributed by atoms with Crippen LogP contribution in [-0.2, 0) is 17.8 Å². The van der Waals surface area contributed by atoms with E-state index < -0.39 is 0 Å². The molecule has 0 aliphatic heterocycles. The topological polar surface area (TPSA) is 88.5 Å². The van der Waals surface area contributed by atoms with Gasteiger partial charge < -0.3 is 0 Å². The van der Waals surface area contributed by atoms with E-state index in [0.29, 0.717) is 15.7 Å². The molecule has 2 N–H and O–H groups in total. The maximum Gasteiger partial charge on any atom is 0.246 e. The van der Waals surface area contributed by atoms with E-state index in [1.54, 1.807) is 4.57 Å². The Morgan fingerprint density at radius 2 is 2.25 bits per heavy atom. The molecule has 1 aromatic carbocycles. The summed E-state index contributed by atoms with van der Waals surface area (Å²) in [6, 6.07) is 7.88. The van der Waals surface area contributed by atoms with Gasteiger partial charge in [-0.3, -0.25) is 19.8 Å². The second-order valence-electron chi connectivity index (χ2n) is 5.21. The Hall–Kier alpha value is -2.39. The van der Waals surface area contributed by atoms with E-state index in [4.69, 9.17) is 12.2 Å². The third-order valence-corrected chi connectivity index (χ3v) is 4.65. The molecule has 7 nitrogen and oxygen atoms in total. The van der Waals surface area contributed by atoms with Gasteiger partial charge in [0.1, 0.15) is 11.6 Å². The van der Waals surface area contributed by atoms with Gasteiger partial charge in [-0.2, -0.15) is 5.10 Å². The Kier molecular flexibility index (Phi) is 4.81. The molecule has 1 amide bonds. The Labute approximate surface area is 147 Å². The van der Waals surface area contributed by atoms with E-state index in [1.807, 2.05) is 38.1 Å². The van der Waals surface area contributed by atoms with Gasteiger partial charge in [-0.25, -0.2) is 0 Å². The lowest BCUT2D eigenvalue weighted by Crippen LogP contribution is -2.19. The van der Waals surface area contributed by atoms with Gasteiger partial charge in [0, 0.05) is 5.56 Å². The minimum absolute atomic E-state index is 0.0552. The van der Waals surface area contributed by atoms with Crippen molar-refractivity contribution in [1.82, 2.24) is 25.0 Å². The summed E-state index contributed by atoms with van der Waals surface area (Å²) in [4.78, 5) is 12.3. The van der Waals surface area contributed by atoms with Gasteiger partial charge in [-0.05, 0) is 31.6 Å². The summed E-state index contributed by atoms with van der Waals surface area (Å²) in [7, 11) is 0. The number of hydrogen-bond donors (Lipinski definition) is 2. The highest BCUT2D eigenvalue weighted by molar-refractivity contribution is 7.71. The first-order chi connectivity index (χ1) is 11.6. The standard InChI is InChI=1S/C15H16N6OS2/c1-3-12-17-19-14(24-12)16-11(22)8-21-13(18-20-15(21)23)10-6-4-5-9(2)7-10/h4-7H,3,8H2,1-2H3,(H,20,23)(H,16,19,22). The highest BCUT2D eigenvalue weighted by atomic mass is 32.1. The van der Waals surface area contributed by atoms with Crippen molar-refractivity contribution >= 4 is 34.6 Å². The van der Waals surface area contributed by atoms with Crippen LogP contribution in [0.1, 0.15) is 17.5 Å². The zero-order valence-corrected chi connectivity index (χ0v) is 14.9. The molecule has 0 fully saturated rings. The number of anilines is 1. The number of carbonyl (C=O) groups excluding carboxylic acids is 1. The molecule has 0 radical (unpaired) electrons. The second kappa shape index (κ2) is 7.02. The van der Waals surface area contributed by atoms with Crippen molar-refractivity contribution in [3.63, 3.8) is 0 Å². The molecule has 24 heavy (non-hydrogen) atoms. The van der Waals surface area contributed by atoms with Crippen LogP contribution in [-0.4, -0.2) is 30.9 Å². The van der Waals surface area contributed by atoms with Crippen molar-refractivity contribution in [1.29, 1.82) is 0 Å². The number of aromatic nitrogens is 5. The summed E-state index contributed by atoms with van der Waals surface area (Å²) in [6.45, 7) is 4.05. The molecule has 3 aromatic rings. The quantitative estimate of drug-likeness (QED) is 0.683. The van der Waals surface area contributed by atoms with Crippen LogP contribution >= 0.6 is 23.6 Å². The van der Waals surface area contributed by atoms with E-state index >= 15 is 0 Å². The summed E-state index contributed by atoms with van der Waals surface area (Å²) < 4.78 is 2.06. The minimum atomic E-state index is -0.222. The summed E-state index contributed by atoms with van der Waals surface area (Å²) in [5, 5.41) is 19.0. The van der Waals surface area contributed by atoms with E-state index in [1.165, 1.54) is 11.3 Å². The van der Waals surface area contributed by atoms with Crippen molar-refractivity contribution in [3.8, 4) is 11.4 Å². The molecule has 9 heteroatoms. The van der Waals surface area contributed by atoms with Crippen LogP contribution in [0.5, 0.6) is 0 Å². The normalized spacial score (nSPS) is 10.8. The van der Waals surface area contributed by atoms with Crippen LogP contribution < -0.4 is 5.32 Å². The second-order valence-corrected chi connectivity index (χ2v) is 6.66. The number of carbonyl (C=O) groups is 1. The predicted octanol–water partition coefficient (Wildman–Crippen LogP) is 2.97. The largest absolute Gasteiger partial charge is 0.299 e. The van der Waals surface area contributed by atoms with Crippen LogP contribution in [0.3, 0.4) is 0 Å². The van der Waals surface area contributed by atoms with Crippen LogP contribution in [0.2, 0.25) is 0 Å². The van der Waals surface area contributed by atoms with Gasteiger partial charge >= 0.3 is 0 Å². The number of rotatable bonds is 5. The number of nitrogens with zero attached hydrogens (tertiary/aromatic N) is 4.